The normalized spacial score (nSPS) is 11.4. The summed E-state index contributed by atoms with van der Waals surface area (Å²) in [6.07, 6.45) is 0. The second-order valence-corrected chi connectivity index (χ2v) is 9.54. The Morgan fingerprint density at radius 2 is 0.971 bits per heavy atom. The van der Waals surface area contributed by atoms with Gasteiger partial charge in [-0.15, -0.1) is 0 Å². The molecule has 1 nitrogen and oxygen atoms in total. The van der Waals surface area contributed by atoms with Crippen molar-refractivity contribution < 1.29 is 0 Å². The van der Waals surface area contributed by atoms with Gasteiger partial charge >= 0.3 is 0 Å². The summed E-state index contributed by atoms with van der Waals surface area (Å²) in [5, 5.41) is 2.60. The number of hydrogen-bond donors (Lipinski definition) is 0. The first-order chi connectivity index (χ1) is 17.1. The van der Waals surface area contributed by atoms with E-state index in [1.165, 1.54) is 72.0 Å². The molecule has 0 atom stereocenters. The van der Waals surface area contributed by atoms with E-state index in [4.69, 9.17) is 0 Å². The van der Waals surface area contributed by atoms with Gasteiger partial charge in [0, 0.05) is 10.8 Å². The molecule has 0 unspecified atom stereocenters. The number of para-hydroxylation sites is 2. The Morgan fingerprint density at radius 1 is 0.429 bits per heavy atom. The summed E-state index contributed by atoms with van der Waals surface area (Å²) in [6, 6.07) is 37.2. The maximum absolute atomic E-state index is 2.48. The molecule has 0 radical (unpaired) electrons. The van der Waals surface area contributed by atoms with Gasteiger partial charge in [-0.25, -0.2) is 0 Å². The zero-order chi connectivity index (χ0) is 24.1. The van der Waals surface area contributed by atoms with Crippen LogP contribution >= 0.6 is 0 Å². The van der Waals surface area contributed by atoms with Gasteiger partial charge in [0.1, 0.15) is 0 Å². The Bertz CT molecular complexity index is 1660. The van der Waals surface area contributed by atoms with Crippen LogP contribution in [0.25, 0.3) is 49.7 Å². The first-order valence-electron chi connectivity index (χ1n) is 12.3. The highest BCUT2D eigenvalue weighted by molar-refractivity contribution is 6.09. The van der Waals surface area contributed by atoms with Crippen molar-refractivity contribution in [1.82, 2.24) is 4.57 Å². The topological polar surface area (TPSA) is 4.93 Å². The monoisotopic (exact) mass is 451 g/mol. The fraction of sp³-hybridized carbons (Fsp3) is 0.118. The summed E-state index contributed by atoms with van der Waals surface area (Å²) >= 11 is 0. The summed E-state index contributed by atoms with van der Waals surface area (Å²) in [6.45, 7) is 9.11. The summed E-state index contributed by atoms with van der Waals surface area (Å²) in [7, 11) is 0. The van der Waals surface area contributed by atoms with E-state index in [0.29, 0.717) is 0 Å². The third kappa shape index (κ3) is 3.31. The molecular formula is C34H29N. The average molecular weight is 452 g/mol. The van der Waals surface area contributed by atoms with Gasteiger partial charge in [-0.2, -0.15) is 0 Å². The van der Waals surface area contributed by atoms with E-state index in [2.05, 4.69) is 135 Å². The molecule has 5 aromatic carbocycles. The van der Waals surface area contributed by atoms with Crippen molar-refractivity contribution in [2.24, 2.45) is 0 Å². The minimum atomic E-state index is 1.25. The first-order valence-corrected chi connectivity index (χ1v) is 12.3. The van der Waals surface area contributed by atoms with Crippen molar-refractivity contribution in [3.63, 3.8) is 0 Å². The van der Waals surface area contributed by atoms with E-state index in [9.17, 15) is 0 Å². The molecule has 0 aliphatic heterocycles. The van der Waals surface area contributed by atoms with E-state index in [0.717, 1.165) is 0 Å². The summed E-state index contributed by atoms with van der Waals surface area (Å²) < 4.78 is 2.48. The fourth-order valence-electron chi connectivity index (χ4n) is 5.74. The fourth-order valence-corrected chi connectivity index (χ4v) is 5.74. The molecule has 0 spiro atoms. The maximum Gasteiger partial charge on any atom is 0.0541 e. The van der Waals surface area contributed by atoms with Crippen LogP contribution in [0.4, 0.5) is 0 Å². The lowest BCUT2D eigenvalue weighted by Gasteiger charge is -2.23. The number of benzene rings is 5. The molecular weight excluding hydrogens is 422 g/mol. The van der Waals surface area contributed by atoms with Crippen molar-refractivity contribution >= 4 is 21.8 Å². The smallest absolute Gasteiger partial charge is 0.0541 e. The van der Waals surface area contributed by atoms with Crippen LogP contribution in [0.1, 0.15) is 22.3 Å². The van der Waals surface area contributed by atoms with Crippen LogP contribution < -0.4 is 0 Å². The summed E-state index contributed by atoms with van der Waals surface area (Å²) in [5.41, 5.74) is 14.3. The highest BCUT2D eigenvalue weighted by atomic mass is 15.0. The van der Waals surface area contributed by atoms with Crippen molar-refractivity contribution in [2.45, 2.75) is 27.7 Å². The van der Waals surface area contributed by atoms with Gasteiger partial charge in [0.25, 0.3) is 0 Å². The Kier molecular flexibility index (Phi) is 5.07. The van der Waals surface area contributed by atoms with Gasteiger partial charge in [-0.3, -0.25) is 0 Å². The highest BCUT2D eigenvalue weighted by Gasteiger charge is 2.21. The van der Waals surface area contributed by atoms with Crippen LogP contribution in [-0.2, 0) is 0 Å². The molecule has 0 aliphatic rings. The largest absolute Gasteiger partial charge is 0.309 e. The summed E-state index contributed by atoms with van der Waals surface area (Å²) in [4.78, 5) is 0. The molecule has 0 N–H and O–H groups in total. The molecule has 0 aliphatic carbocycles. The summed E-state index contributed by atoms with van der Waals surface area (Å²) in [5.74, 6) is 0. The van der Waals surface area contributed by atoms with E-state index in [-0.39, 0.29) is 0 Å². The second-order valence-electron chi connectivity index (χ2n) is 9.54. The lowest BCUT2D eigenvalue weighted by atomic mass is 9.87. The van der Waals surface area contributed by atoms with Crippen molar-refractivity contribution in [1.29, 1.82) is 0 Å². The molecule has 6 aromatic rings. The molecule has 0 saturated carbocycles. The minimum absolute atomic E-state index is 1.25. The van der Waals surface area contributed by atoms with Crippen molar-refractivity contribution in [3.05, 3.63) is 125 Å². The Balaban J connectivity index is 1.68. The van der Waals surface area contributed by atoms with Crippen LogP contribution in [0.3, 0.4) is 0 Å². The van der Waals surface area contributed by atoms with Crippen LogP contribution in [0.5, 0.6) is 0 Å². The molecule has 1 heteroatoms. The predicted octanol–water partition coefficient (Wildman–Crippen LogP) is 9.35. The SMILES string of the molecule is Cc1c(C)c(-c2cccc(-c3ccccc3)c2)c(C)c(-n2c3ccccc3c3ccccc32)c1C. The molecule has 6 rings (SSSR count). The van der Waals surface area contributed by atoms with Crippen LogP contribution in [0, 0.1) is 27.7 Å². The molecule has 170 valence electrons. The Hall–Kier alpha value is -4.10. The van der Waals surface area contributed by atoms with Crippen LogP contribution in [0.15, 0.2) is 103 Å². The quantitative estimate of drug-likeness (QED) is 0.252. The lowest BCUT2D eigenvalue weighted by Crippen LogP contribution is -2.06. The zero-order valence-electron chi connectivity index (χ0n) is 20.8. The number of nitrogens with zero attached hydrogens (tertiary/aromatic N) is 1. The van der Waals surface area contributed by atoms with Crippen molar-refractivity contribution in [3.8, 4) is 27.9 Å². The van der Waals surface area contributed by atoms with Gasteiger partial charge in [-0.1, -0.05) is 84.9 Å². The molecule has 0 amide bonds. The van der Waals surface area contributed by atoms with Crippen molar-refractivity contribution in [2.75, 3.05) is 0 Å². The molecule has 35 heavy (non-hydrogen) atoms. The Labute approximate surface area is 207 Å². The number of hydrogen-bond acceptors (Lipinski definition) is 0. The maximum atomic E-state index is 2.48. The van der Waals surface area contributed by atoms with E-state index in [1.807, 2.05) is 0 Å². The predicted molar refractivity (Wildman–Crippen MR) is 151 cm³/mol. The van der Waals surface area contributed by atoms with E-state index in [1.54, 1.807) is 0 Å². The van der Waals surface area contributed by atoms with Gasteiger partial charge in [0.2, 0.25) is 0 Å². The third-order valence-electron chi connectivity index (χ3n) is 7.65. The van der Waals surface area contributed by atoms with E-state index >= 15 is 0 Å². The van der Waals surface area contributed by atoms with Gasteiger partial charge < -0.3 is 4.57 Å². The number of rotatable bonds is 3. The number of aromatic nitrogens is 1. The third-order valence-corrected chi connectivity index (χ3v) is 7.65. The molecule has 1 aromatic heterocycles. The second kappa shape index (κ2) is 8.29. The molecule has 0 fully saturated rings. The first kappa shape index (κ1) is 21.4. The zero-order valence-corrected chi connectivity index (χ0v) is 20.8. The standard InChI is InChI=1S/C34H29N/c1-22-23(2)33(28-16-12-15-27(21-28)26-13-6-5-7-14-26)25(4)34(24(22)3)35-31-19-10-8-17-29(31)30-18-9-11-20-32(30)35/h5-21H,1-4H3. The number of fused-ring (bicyclic) bond motifs is 3. The molecule has 0 bridgehead atoms. The van der Waals surface area contributed by atoms with E-state index < -0.39 is 0 Å². The Morgan fingerprint density at radius 3 is 1.63 bits per heavy atom. The van der Waals surface area contributed by atoms with Crippen LogP contribution in [0.2, 0.25) is 0 Å². The minimum Gasteiger partial charge on any atom is -0.309 e. The average Bonchev–Trinajstić information content (AvgIpc) is 3.23. The van der Waals surface area contributed by atoms with Gasteiger partial charge in [0.15, 0.2) is 0 Å². The van der Waals surface area contributed by atoms with Gasteiger partial charge in [-0.05, 0) is 90.4 Å². The van der Waals surface area contributed by atoms with Crippen LogP contribution in [-0.4, -0.2) is 4.57 Å². The highest BCUT2D eigenvalue weighted by Crippen LogP contribution is 2.41. The van der Waals surface area contributed by atoms with Gasteiger partial charge in [0.05, 0.1) is 16.7 Å². The molecule has 0 saturated heterocycles. The lowest BCUT2D eigenvalue weighted by molar-refractivity contribution is 1.09. The molecule has 1 heterocycles.